The Morgan fingerprint density at radius 3 is 2.49 bits per heavy atom. The fourth-order valence-corrected chi connectivity index (χ4v) is 9.62. The van der Waals surface area contributed by atoms with Gasteiger partial charge in [-0.2, -0.15) is 0 Å². The lowest BCUT2D eigenvalue weighted by molar-refractivity contribution is -0.143. The molecule has 0 aliphatic carbocycles. The Labute approximate surface area is 262 Å². The maximum atomic E-state index is 14.7. The largest absolute Gasteiger partial charge is 0.396 e. The van der Waals surface area contributed by atoms with Crippen molar-refractivity contribution < 1.29 is 19.5 Å². The number of likely N-dealkylation sites (tertiary alicyclic amines) is 1. The number of hydrogen-bond donors (Lipinski definition) is 1. The van der Waals surface area contributed by atoms with Gasteiger partial charge in [-0.1, -0.05) is 91.2 Å². The molecule has 43 heavy (non-hydrogen) atoms. The zero-order chi connectivity index (χ0) is 30.1. The number of benzene rings is 2. The van der Waals surface area contributed by atoms with E-state index in [-0.39, 0.29) is 29.6 Å². The van der Waals surface area contributed by atoms with Gasteiger partial charge < -0.3 is 19.8 Å². The molecular weight excluding hydrogens is 582 g/mol. The summed E-state index contributed by atoms with van der Waals surface area (Å²) in [7, 11) is 0. The van der Waals surface area contributed by atoms with E-state index in [1.165, 1.54) is 0 Å². The van der Waals surface area contributed by atoms with E-state index in [0.717, 1.165) is 30.4 Å². The van der Waals surface area contributed by atoms with Crippen molar-refractivity contribution in [2.24, 2.45) is 11.8 Å². The fourth-order valence-electron chi connectivity index (χ4n) is 7.29. The van der Waals surface area contributed by atoms with Gasteiger partial charge in [0.2, 0.25) is 11.8 Å². The third-order valence-corrected chi connectivity index (χ3v) is 11.3. The molecule has 4 aliphatic heterocycles. The van der Waals surface area contributed by atoms with Crippen LogP contribution in [0.1, 0.15) is 36.8 Å². The number of carbonyl (C=O) groups excluding carboxylic acids is 3. The topological polar surface area (TPSA) is 81.2 Å². The molecule has 4 aliphatic rings. The Morgan fingerprint density at radius 1 is 0.930 bits per heavy atom. The van der Waals surface area contributed by atoms with E-state index in [9.17, 15) is 19.5 Å². The van der Waals surface area contributed by atoms with Gasteiger partial charge in [0.25, 0.3) is 5.91 Å². The van der Waals surface area contributed by atoms with Crippen LogP contribution in [0.15, 0.2) is 72.8 Å². The number of aliphatic hydroxyl groups excluding tert-OH is 1. The molecular formula is C34H38ClN3O4S. The minimum absolute atomic E-state index is 0.0333. The first kappa shape index (κ1) is 30.0. The number of aryl methyl sites for hydroxylation is 1. The normalized spacial score (nSPS) is 28.2. The van der Waals surface area contributed by atoms with Gasteiger partial charge in [0.15, 0.2) is 0 Å². The van der Waals surface area contributed by atoms with Crippen LogP contribution >= 0.6 is 23.4 Å². The maximum absolute atomic E-state index is 14.7. The molecule has 0 saturated carbocycles. The summed E-state index contributed by atoms with van der Waals surface area (Å²) in [6, 6.07) is 14.8. The Balaban J connectivity index is 1.38. The van der Waals surface area contributed by atoms with Gasteiger partial charge in [-0.3, -0.25) is 14.4 Å². The highest BCUT2D eigenvalue weighted by Crippen LogP contribution is 2.61. The van der Waals surface area contributed by atoms with Crippen molar-refractivity contribution in [3.63, 3.8) is 0 Å². The van der Waals surface area contributed by atoms with Gasteiger partial charge >= 0.3 is 0 Å². The molecule has 7 nitrogen and oxygen atoms in total. The highest BCUT2D eigenvalue weighted by atomic mass is 35.5. The standard InChI is InChI=1S/C34H38ClN3O4S/c1-23-12-9-15-25(35)29(23)37-20-11-17-34-28(32(41)38(30(34)33(37)42)19-7-2-3-8-21-39)27-26(43-34)16-10-18-36(31(27)40)22-24-13-5-4-6-14-24/h4-6,9-17,26-28,30,39H,2-3,7-8,18-22H2,1H3/t26-,27+,28-,30?,34-/m0/s1. The van der Waals surface area contributed by atoms with Gasteiger partial charge in [0.05, 0.1) is 27.3 Å². The van der Waals surface area contributed by atoms with Crippen LogP contribution in [0.5, 0.6) is 0 Å². The zero-order valence-electron chi connectivity index (χ0n) is 24.4. The highest BCUT2D eigenvalue weighted by Gasteiger charge is 2.71. The summed E-state index contributed by atoms with van der Waals surface area (Å²) >= 11 is 8.27. The van der Waals surface area contributed by atoms with Crippen molar-refractivity contribution in [2.75, 3.05) is 31.1 Å². The summed E-state index contributed by atoms with van der Waals surface area (Å²) in [6.45, 7) is 3.80. The molecule has 0 aromatic heterocycles. The van der Waals surface area contributed by atoms with Crippen LogP contribution in [-0.2, 0) is 20.9 Å². The monoisotopic (exact) mass is 619 g/mol. The smallest absolute Gasteiger partial charge is 0.251 e. The second-order valence-electron chi connectivity index (χ2n) is 11.9. The number of nitrogens with zero attached hydrogens (tertiary/aromatic N) is 3. The third kappa shape index (κ3) is 5.32. The molecule has 5 atom stereocenters. The Hall–Kier alpha value is -3.07. The van der Waals surface area contributed by atoms with Crippen molar-refractivity contribution in [2.45, 2.75) is 55.2 Å². The summed E-state index contributed by atoms with van der Waals surface area (Å²) in [5, 5.41) is 9.51. The molecule has 3 amide bonds. The van der Waals surface area contributed by atoms with Crippen molar-refractivity contribution >= 4 is 46.8 Å². The lowest BCUT2D eigenvalue weighted by atomic mass is 9.78. The average molecular weight is 620 g/mol. The quantitative estimate of drug-likeness (QED) is 0.316. The first-order valence-corrected chi connectivity index (χ1v) is 16.5. The highest BCUT2D eigenvalue weighted by molar-refractivity contribution is 8.02. The molecule has 0 bridgehead atoms. The number of amides is 3. The number of carbonyl (C=O) groups is 3. The van der Waals surface area contributed by atoms with Crippen LogP contribution < -0.4 is 4.90 Å². The summed E-state index contributed by atoms with van der Waals surface area (Å²) in [5.74, 6) is -1.52. The maximum Gasteiger partial charge on any atom is 0.251 e. The van der Waals surface area contributed by atoms with E-state index < -0.39 is 22.6 Å². The van der Waals surface area contributed by atoms with Crippen molar-refractivity contribution in [3.8, 4) is 0 Å². The molecule has 4 heterocycles. The number of anilines is 1. The van der Waals surface area contributed by atoms with Crippen LogP contribution in [0.4, 0.5) is 5.69 Å². The summed E-state index contributed by atoms with van der Waals surface area (Å²) in [6.07, 6.45) is 11.3. The summed E-state index contributed by atoms with van der Waals surface area (Å²) in [5.41, 5.74) is 2.59. The number of halogens is 1. The Bertz CT molecular complexity index is 1430. The van der Waals surface area contributed by atoms with Crippen molar-refractivity contribution in [3.05, 3.63) is 89.0 Å². The number of rotatable bonds is 9. The average Bonchev–Trinajstić information content (AvgIpc) is 3.31. The fraction of sp³-hybridized carbons (Fsp3) is 0.441. The molecule has 2 fully saturated rings. The van der Waals surface area contributed by atoms with Crippen LogP contribution in [0, 0.1) is 18.8 Å². The number of unbranched alkanes of at least 4 members (excludes halogenated alkanes) is 3. The summed E-state index contributed by atoms with van der Waals surface area (Å²) < 4.78 is -0.867. The number of para-hydroxylation sites is 1. The SMILES string of the molecule is Cc1cccc(Cl)c1N1CC=C[C@]23S[C@H]4C=CCN(Cc5ccccc5)C(=O)[C@H]4[C@H]2C(=O)N(CCCCCCO)C3C1=O. The second-order valence-corrected chi connectivity index (χ2v) is 13.8. The van der Waals surface area contributed by atoms with Crippen LogP contribution in [-0.4, -0.2) is 74.9 Å². The first-order valence-electron chi connectivity index (χ1n) is 15.2. The molecule has 226 valence electrons. The van der Waals surface area contributed by atoms with E-state index >= 15 is 0 Å². The van der Waals surface area contributed by atoms with Crippen molar-refractivity contribution in [1.29, 1.82) is 0 Å². The number of hydrogen-bond acceptors (Lipinski definition) is 5. The van der Waals surface area contributed by atoms with Gasteiger partial charge in [-0.05, 0) is 37.0 Å². The Morgan fingerprint density at radius 2 is 1.72 bits per heavy atom. The number of thioether (sulfide) groups is 1. The van der Waals surface area contributed by atoms with E-state index in [2.05, 4.69) is 12.2 Å². The van der Waals surface area contributed by atoms with Gasteiger partial charge in [-0.15, -0.1) is 11.8 Å². The lowest BCUT2D eigenvalue weighted by Crippen LogP contribution is -2.53. The molecule has 9 heteroatoms. The first-order chi connectivity index (χ1) is 20.9. The van der Waals surface area contributed by atoms with E-state index in [1.54, 1.807) is 27.6 Å². The molecule has 2 saturated heterocycles. The molecule has 0 radical (unpaired) electrons. The summed E-state index contributed by atoms with van der Waals surface area (Å²) in [4.78, 5) is 48.9. The van der Waals surface area contributed by atoms with E-state index in [1.807, 2.05) is 66.4 Å². The molecule has 1 spiro atoms. The van der Waals surface area contributed by atoms with Crippen LogP contribution in [0.3, 0.4) is 0 Å². The minimum Gasteiger partial charge on any atom is -0.396 e. The van der Waals surface area contributed by atoms with Gasteiger partial charge in [0, 0.05) is 38.0 Å². The van der Waals surface area contributed by atoms with Crippen molar-refractivity contribution in [1.82, 2.24) is 9.80 Å². The van der Waals surface area contributed by atoms with E-state index in [0.29, 0.717) is 43.3 Å². The van der Waals surface area contributed by atoms with Crippen LogP contribution in [0.2, 0.25) is 5.02 Å². The third-order valence-electron chi connectivity index (χ3n) is 9.22. The number of fused-ring (bicyclic) bond motifs is 2. The second kappa shape index (κ2) is 12.5. The minimum atomic E-state index is -0.867. The Kier molecular flexibility index (Phi) is 8.72. The van der Waals surface area contributed by atoms with Gasteiger partial charge in [-0.25, -0.2) is 0 Å². The molecule has 2 aromatic rings. The lowest BCUT2D eigenvalue weighted by Gasteiger charge is -2.35. The van der Waals surface area contributed by atoms with Gasteiger partial charge in [0.1, 0.15) is 6.04 Å². The zero-order valence-corrected chi connectivity index (χ0v) is 26.0. The molecule has 1 unspecified atom stereocenters. The predicted molar refractivity (Wildman–Crippen MR) is 171 cm³/mol. The van der Waals surface area contributed by atoms with Crippen LogP contribution in [0.25, 0.3) is 0 Å². The molecule has 1 N–H and O–H groups in total. The van der Waals surface area contributed by atoms with E-state index in [4.69, 9.17) is 11.6 Å². The molecule has 6 rings (SSSR count). The predicted octanol–water partition coefficient (Wildman–Crippen LogP) is 5.00. The molecule has 2 aromatic carbocycles. The number of aliphatic hydroxyl groups is 1.